The summed E-state index contributed by atoms with van der Waals surface area (Å²) in [6.45, 7) is -0.812. The number of amides is 3. The van der Waals surface area contributed by atoms with Gasteiger partial charge in [0.05, 0.1) is 0 Å². The number of alkyl halides is 3. The van der Waals surface area contributed by atoms with Gasteiger partial charge < -0.3 is 4.74 Å². The van der Waals surface area contributed by atoms with Crippen LogP contribution in [0.2, 0.25) is 0 Å². The molecule has 1 aliphatic heterocycles. The zero-order valence-corrected chi connectivity index (χ0v) is 9.14. The van der Waals surface area contributed by atoms with Crippen LogP contribution in [-0.4, -0.2) is 41.4 Å². The Morgan fingerprint density at radius 2 is 1.74 bits per heavy atom. The third-order valence-electron chi connectivity index (χ3n) is 1.80. The number of hydrogen-bond donors (Lipinski definition) is 0. The van der Waals surface area contributed by atoms with Crippen molar-refractivity contribution in [2.45, 2.75) is 6.18 Å². The highest BCUT2D eigenvalue weighted by Gasteiger charge is 2.35. The number of carbonyl (C=O) groups excluding carboxylic acids is 4. The number of hydrogen-bond acceptors (Lipinski definition) is 5. The van der Waals surface area contributed by atoms with Gasteiger partial charge in [-0.05, 0) is 6.08 Å². The third kappa shape index (κ3) is 4.05. The number of ether oxygens (including phenoxy) is 1. The third-order valence-corrected chi connectivity index (χ3v) is 1.80. The number of halogens is 3. The molecular formula is C10H6F3NO5. The van der Waals surface area contributed by atoms with Gasteiger partial charge in [-0.15, -0.1) is 0 Å². The van der Waals surface area contributed by atoms with E-state index in [1.165, 1.54) is 0 Å². The maximum atomic E-state index is 11.7. The first-order valence-electron chi connectivity index (χ1n) is 4.74. The van der Waals surface area contributed by atoms with E-state index in [0.29, 0.717) is 6.08 Å². The molecule has 0 aromatic rings. The second-order valence-corrected chi connectivity index (χ2v) is 3.19. The Hall–Kier alpha value is -2.45. The van der Waals surface area contributed by atoms with Crippen LogP contribution in [0.5, 0.6) is 0 Å². The molecule has 102 valence electrons. The molecular weight excluding hydrogens is 271 g/mol. The Bertz CT molecular complexity index is 474. The number of nitrogens with zero attached hydrogens (tertiary/aromatic N) is 1. The molecule has 0 atom stereocenters. The van der Waals surface area contributed by atoms with E-state index < -0.39 is 36.5 Å². The van der Waals surface area contributed by atoms with Crippen LogP contribution < -0.4 is 0 Å². The lowest BCUT2D eigenvalue weighted by atomic mass is 10.4. The van der Waals surface area contributed by atoms with E-state index in [-0.39, 0.29) is 11.0 Å². The number of rotatable bonds is 2. The van der Waals surface area contributed by atoms with E-state index in [1.54, 1.807) is 0 Å². The van der Waals surface area contributed by atoms with Crippen LogP contribution in [0, 0.1) is 0 Å². The maximum Gasteiger partial charge on any atom is 0.409 e. The lowest BCUT2D eigenvalue weighted by molar-refractivity contribution is -0.163. The van der Waals surface area contributed by atoms with Crippen LogP contribution in [0.4, 0.5) is 13.2 Å². The van der Waals surface area contributed by atoms with Gasteiger partial charge in [-0.3, -0.25) is 14.4 Å². The first-order chi connectivity index (χ1) is 8.72. The molecule has 9 heteroatoms. The minimum Gasteiger partial charge on any atom is -0.454 e. The lowest BCUT2D eigenvalue weighted by Gasteiger charge is -2.09. The van der Waals surface area contributed by atoms with Gasteiger partial charge in [-0.25, -0.2) is 9.69 Å². The van der Waals surface area contributed by atoms with Crippen molar-refractivity contribution in [2.24, 2.45) is 0 Å². The number of carbonyl (C=O) groups is 4. The Labute approximate surface area is 104 Å². The Kier molecular flexibility index (Phi) is 4.20. The van der Waals surface area contributed by atoms with Gasteiger partial charge in [-0.1, -0.05) is 0 Å². The van der Waals surface area contributed by atoms with Crippen molar-refractivity contribution < 1.29 is 37.1 Å². The Balaban J connectivity index is 2.51. The quantitative estimate of drug-likeness (QED) is 0.309. The molecule has 0 radical (unpaired) electrons. The van der Waals surface area contributed by atoms with Gasteiger partial charge in [0, 0.05) is 18.2 Å². The zero-order valence-electron chi connectivity index (χ0n) is 9.14. The number of allylic oxidation sites excluding steroid dienone is 1. The molecule has 0 aromatic carbocycles. The minimum atomic E-state index is -4.57. The summed E-state index contributed by atoms with van der Waals surface area (Å²) in [6, 6.07) is 0. The van der Waals surface area contributed by atoms with Gasteiger partial charge in [0.1, 0.15) is 6.61 Å². The van der Waals surface area contributed by atoms with Crippen molar-refractivity contribution in [3.05, 3.63) is 24.3 Å². The molecule has 0 spiro atoms. The molecule has 6 nitrogen and oxygen atoms in total. The molecule has 19 heavy (non-hydrogen) atoms. The summed E-state index contributed by atoms with van der Waals surface area (Å²) in [4.78, 5) is 44.4. The van der Waals surface area contributed by atoms with Crippen molar-refractivity contribution in [1.82, 2.24) is 4.90 Å². The van der Waals surface area contributed by atoms with Crippen molar-refractivity contribution >= 4 is 23.7 Å². The molecule has 0 unspecified atom stereocenters. The molecule has 0 saturated heterocycles. The normalized spacial score (nSPS) is 15.4. The molecule has 0 aliphatic carbocycles. The second-order valence-electron chi connectivity index (χ2n) is 3.19. The van der Waals surface area contributed by atoms with Crippen LogP contribution in [0.15, 0.2) is 24.3 Å². The predicted octanol–water partition coefficient (Wildman–Crippen LogP) is 0.0997. The average Bonchev–Trinajstić information content (AvgIpc) is 2.62. The maximum absolute atomic E-state index is 11.7. The molecule has 1 rings (SSSR count). The van der Waals surface area contributed by atoms with Crippen molar-refractivity contribution in [2.75, 3.05) is 6.61 Å². The topological polar surface area (TPSA) is 80.8 Å². The summed E-state index contributed by atoms with van der Waals surface area (Å²) in [5, 5.41) is 0. The fourth-order valence-electron chi connectivity index (χ4n) is 1.06. The largest absolute Gasteiger partial charge is 0.454 e. The van der Waals surface area contributed by atoms with E-state index in [9.17, 15) is 32.3 Å². The van der Waals surface area contributed by atoms with Gasteiger partial charge in [0.25, 0.3) is 11.8 Å². The minimum absolute atomic E-state index is 0.0236. The molecule has 0 saturated carbocycles. The molecule has 0 N–H and O–H groups in total. The smallest absolute Gasteiger partial charge is 0.409 e. The highest BCUT2D eigenvalue weighted by atomic mass is 19.4. The van der Waals surface area contributed by atoms with Crippen LogP contribution in [0.3, 0.4) is 0 Å². The average molecular weight is 277 g/mol. The standard InChI is InChI=1S/C10H6F3NO5/c11-10(12,13)4-1-5-19-9(18)8(17)14-6(15)2-3-7(14)16/h1-4H,5H2/b4-1+. The van der Waals surface area contributed by atoms with Crippen LogP contribution in [0.1, 0.15) is 0 Å². The first kappa shape index (κ1) is 14.6. The summed E-state index contributed by atoms with van der Waals surface area (Å²) in [5.74, 6) is -5.19. The SMILES string of the molecule is O=C(OC/C=C/C(F)(F)F)C(=O)N1C(=O)C=CC1=O. The molecule has 1 aliphatic rings. The molecule has 0 aromatic heterocycles. The molecule has 3 amide bonds. The van der Waals surface area contributed by atoms with E-state index in [1.807, 2.05) is 0 Å². The van der Waals surface area contributed by atoms with E-state index >= 15 is 0 Å². The molecule has 0 bridgehead atoms. The first-order valence-corrected chi connectivity index (χ1v) is 4.74. The fraction of sp³-hybridized carbons (Fsp3) is 0.200. The van der Waals surface area contributed by atoms with E-state index in [4.69, 9.17) is 0 Å². The fourth-order valence-corrected chi connectivity index (χ4v) is 1.06. The van der Waals surface area contributed by atoms with Crippen molar-refractivity contribution in [3.63, 3.8) is 0 Å². The zero-order chi connectivity index (χ0) is 14.6. The highest BCUT2D eigenvalue weighted by molar-refractivity contribution is 6.42. The lowest BCUT2D eigenvalue weighted by Crippen LogP contribution is -2.41. The molecule has 1 heterocycles. The van der Waals surface area contributed by atoms with Crippen molar-refractivity contribution in [3.8, 4) is 0 Å². The summed E-state index contributed by atoms with van der Waals surface area (Å²) in [5.41, 5.74) is 0. The van der Waals surface area contributed by atoms with Crippen molar-refractivity contribution in [1.29, 1.82) is 0 Å². The Morgan fingerprint density at radius 1 is 1.21 bits per heavy atom. The van der Waals surface area contributed by atoms with Gasteiger partial charge >= 0.3 is 18.1 Å². The summed E-state index contributed by atoms with van der Waals surface area (Å²) >= 11 is 0. The monoisotopic (exact) mass is 277 g/mol. The van der Waals surface area contributed by atoms with Gasteiger partial charge in [0.2, 0.25) is 0 Å². The van der Waals surface area contributed by atoms with Gasteiger partial charge in [0.15, 0.2) is 0 Å². The molecule has 0 fully saturated rings. The predicted molar refractivity (Wildman–Crippen MR) is 52.2 cm³/mol. The highest BCUT2D eigenvalue weighted by Crippen LogP contribution is 2.15. The van der Waals surface area contributed by atoms with Gasteiger partial charge in [-0.2, -0.15) is 13.2 Å². The Morgan fingerprint density at radius 3 is 2.21 bits per heavy atom. The number of esters is 1. The summed E-state index contributed by atoms with van der Waals surface area (Å²) < 4.78 is 39.2. The van der Waals surface area contributed by atoms with E-state index in [0.717, 1.165) is 12.2 Å². The number of imide groups is 3. The summed E-state index contributed by atoms with van der Waals surface area (Å²) in [6.07, 6.45) is -2.73. The van der Waals surface area contributed by atoms with Crippen LogP contribution >= 0.6 is 0 Å². The second kappa shape index (κ2) is 5.46. The van der Waals surface area contributed by atoms with Crippen LogP contribution in [0.25, 0.3) is 0 Å². The summed E-state index contributed by atoms with van der Waals surface area (Å²) in [7, 11) is 0. The van der Waals surface area contributed by atoms with E-state index in [2.05, 4.69) is 4.74 Å². The van der Waals surface area contributed by atoms with Crippen LogP contribution in [-0.2, 0) is 23.9 Å².